The first-order valence-corrected chi connectivity index (χ1v) is 5.55. The van der Waals surface area contributed by atoms with Crippen LogP contribution in [0.15, 0.2) is 18.3 Å². The van der Waals surface area contributed by atoms with Gasteiger partial charge in [0.15, 0.2) is 0 Å². The van der Waals surface area contributed by atoms with E-state index in [0.29, 0.717) is 6.54 Å². The highest BCUT2D eigenvalue weighted by molar-refractivity contribution is 5.81. The number of H-pyrrole nitrogens is 1. The van der Waals surface area contributed by atoms with E-state index in [1.165, 1.54) is 29.5 Å². The minimum atomic E-state index is 0.710. The summed E-state index contributed by atoms with van der Waals surface area (Å²) in [6, 6.07) is 4.13. The average Bonchev–Trinajstić information content (AvgIpc) is 3.04. The summed E-state index contributed by atoms with van der Waals surface area (Å²) in [5.41, 5.74) is 9.46. The van der Waals surface area contributed by atoms with Crippen LogP contribution < -0.4 is 5.73 Å². The van der Waals surface area contributed by atoms with E-state index in [9.17, 15) is 0 Å². The van der Waals surface area contributed by atoms with Gasteiger partial charge in [-0.05, 0) is 49.4 Å². The second-order valence-corrected chi connectivity index (χ2v) is 4.23. The molecule has 2 aromatic rings. The van der Waals surface area contributed by atoms with Crippen molar-refractivity contribution in [1.29, 1.82) is 0 Å². The molecule has 0 aliphatic heterocycles. The van der Waals surface area contributed by atoms with E-state index in [-0.39, 0.29) is 0 Å². The van der Waals surface area contributed by atoms with Crippen LogP contribution in [0.4, 0.5) is 0 Å². The Balaban J connectivity index is 2.19. The Hall–Kier alpha value is -1.35. The van der Waals surface area contributed by atoms with Crippen LogP contribution in [0.3, 0.4) is 0 Å². The van der Waals surface area contributed by atoms with E-state index >= 15 is 0 Å². The van der Waals surface area contributed by atoms with E-state index in [2.05, 4.69) is 16.0 Å². The molecule has 1 saturated carbocycles. The summed E-state index contributed by atoms with van der Waals surface area (Å²) in [4.78, 5) is 7.80. The molecule has 15 heavy (non-hydrogen) atoms. The van der Waals surface area contributed by atoms with Crippen molar-refractivity contribution in [2.75, 3.05) is 6.54 Å². The predicted molar refractivity (Wildman–Crippen MR) is 60.8 cm³/mol. The Labute approximate surface area is 88.7 Å². The molecule has 0 radical (unpaired) electrons. The maximum atomic E-state index is 5.67. The zero-order valence-electron chi connectivity index (χ0n) is 8.66. The highest BCUT2D eigenvalue weighted by Gasteiger charge is 2.28. The summed E-state index contributed by atoms with van der Waals surface area (Å²) in [6.45, 7) is 0.710. The molecule has 0 aromatic carbocycles. The second kappa shape index (κ2) is 3.35. The van der Waals surface area contributed by atoms with E-state index in [1.807, 2.05) is 12.3 Å². The monoisotopic (exact) mass is 201 g/mol. The summed E-state index contributed by atoms with van der Waals surface area (Å²) in [7, 11) is 0. The SMILES string of the molecule is NCCc1c(C2CC2)[nH]c2ncccc12. The second-order valence-electron chi connectivity index (χ2n) is 4.23. The maximum Gasteiger partial charge on any atom is 0.137 e. The third-order valence-electron chi connectivity index (χ3n) is 3.09. The highest BCUT2D eigenvalue weighted by atomic mass is 14.9. The number of nitrogens with one attached hydrogen (secondary N) is 1. The molecule has 0 bridgehead atoms. The van der Waals surface area contributed by atoms with E-state index < -0.39 is 0 Å². The minimum absolute atomic E-state index is 0.710. The van der Waals surface area contributed by atoms with Crippen LogP contribution >= 0.6 is 0 Å². The number of nitrogens with zero attached hydrogens (tertiary/aromatic N) is 1. The van der Waals surface area contributed by atoms with E-state index in [0.717, 1.165) is 18.0 Å². The van der Waals surface area contributed by atoms with Crippen LogP contribution in [0.2, 0.25) is 0 Å². The van der Waals surface area contributed by atoms with Crippen LogP contribution in [-0.4, -0.2) is 16.5 Å². The molecule has 0 amide bonds. The van der Waals surface area contributed by atoms with Crippen molar-refractivity contribution in [2.45, 2.75) is 25.2 Å². The molecule has 1 aliphatic carbocycles. The number of hydrogen-bond acceptors (Lipinski definition) is 2. The molecular weight excluding hydrogens is 186 g/mol. The fraction of sp³-hybridized carbons (Fsp3) is 0.417. The first-order chi connectivity index (χ1) is 7.40. The quantitative estimate of drug-likeness (QED) is 0.797. The summed E-state index contributed by atoms with van der Waals surface area (Å²) < 4.78 is 0. The molecule has 3 nitrogen and oxygen atoms in total. The molecule has 3 N–H and O–H groups in total. The molecule has 1 aliphatic rings. The standard InChI is InChI=1S/C12H15N3/c13-6-5-9-10-2-1-7-14-12(10)15-11(9)8-3-4-8/h1-2,7-8H,3-6,13H2,(H,14,15). The van der Waals surface area contributed by atoms with Gasteiger partial charge in [0.05, 0.1) is 0 Å². The maximum absolute atomic E-state index is 5.67. The van der Waals surface area contributed by atoms with Gasteiger partial charge in [0.2, 0.25) is 0 Å². The van der Waals surface area contributed by atoms with Crippen molar-refractivity contribution < 1.29 is 0 Å². The van der Waals surface area contributed by atoms with Gasteiger partial charge in [-0.2, -0.15) is 0 Å². The molecule has 0 saturated heterocycles. The van der Waals surface area contributed by atoms with Gasteiger partial charge in [0.25, 0.3) is 0 Å². The Morgan fingerprint density at radius 2 is 2.33 bits per heavy atom. The molecule has 2 aromatic heterocycles. The van der Waals surface area contributed by atoms with Gasteiger partial charge >= 0.3 is 0 Å². The Morgan fingerprint density at radius 3 is 3.07 bits per heavy atom. The normalized spacial score (nSPS) is 16.1. The molecule has 3 heteroatoms. The van der Waals surface area contributed by atoms with Gasteiger partial charge in [-0.15, -0.1) is 0 Å². The summed E-state index contributed by atoms with van der Waals surface area (Å²) in [5.74, 6) is 0.737. The van der Waals surface area contributed by atoms with Crippen LogP contribution in [0, 0.1) is 0 Å². The Morgan fingerprint density at radius 1 is 1.47 bits per heavy atom. The van der Waals surface area contributed by atoms with E-state index in [4.69, 9.17) is 5.73 Å². The first-order valence-electron chi connectivity index (χ1n) is 5.55. The molecule has 2 heterocycles. The third-order valence-corrected chi connectivity index (χ3v) is 3.09. The molecule has 78 valence electrons. The van der Waals surface area contributed by atoms with Crippen molar-refractivity contribution in [1.82, 2.24) is 9.97 Å². The van der Waals surface area contributed by atoms with Gasteiger partial charge in [-0.3, -0.25) is 0 Å². The van der Waals surface area contributed by atoms with E-state index in [1.54, 1.807) is 0 Å². The number of nitrogens with two attached hydrogens (primary N) is 1. The number of aromatic nitrogens is 2. The number of hydrogen-bond donors (Lipinski definition) is 2. The zero-order chi connectivity index (χ0) is 10.3. The smallest absolute Gasteiger partial charge is 0.137 e. The van der Waals surface area contributed by atoms with Gasteiger partial charge in [-0.25, -0.2) is 4.98 Å². The number of fused-ring (bicyclic) bond motifs is 1. The van der Waals surface area contributed by atoms with Gasteiger partial charge in [0, 0.05) is 17.3 Å². The lowest BCUT2D eigenvalue weighted by Crippen LogP contribution is -2.04. The average molecular weight is 201 g/mol. The summed E-state index contributed by atoms with van der Waals surface area (Å²) in [5, 5.41) is 1.25. The van der Waals surface area contributed by atoms with Gasteiger partial charge in [-0.1, -0.05) is 0 Å². The number of pyridine rings is 1. The Bertz CT molecular complexity index is 483. The van der Waals surface area contributed by atoms with Crippen molar-refractivity contribution >= 4 is 11.0 Å². The number of rotatable bonds is 3. The summed E-state index contributed by atoms with van der Waals surface area (Å²) in [6.07, 6.45) is 5.41. The predicted octanol–water partition coefficient (Wildman–Crippen LogP) is 1.94. The topological polar surface area (TPSA) is 54.7 Å². The molecule has 0 unspecified atom stereocenters. The van der Waals surface area contributed by atoms with Crippen molar-refractivity contribution in [2.24, 2.45) is 5.73 Å². The first kappa shape index (κ1) is 8.92. The molecule has 3 rings (SSSR count). The number of aromatic amines is 1. The van der Waals surface area contributed by atoms with Crippen LogP contribution in [0.25, 0.3) is 11.0 Å². The lowest BCUT2D eigenvalue weighted by molar-refractivity contribution is 0.931. The van der Waals surface area contributed by atoms with Crippen molar-refractivity contribution in [3.05, 3.63) is 29.6 Å². The van der Waals surface area contributed by atoms with Crippen LogP contribution in [0.5, 0.6) is 0 Å². The van der Waals surface area contributed by atoms with Gasteiger partial charge in [0.1, 0.15) is 5.65 Å². The highest BCUT2D eigenvalue weighted by Crippen LogP contribution is 2.42. The van der Waals surface area contributed by atoms with Crippen molar-refractivity contribution in [3.63, 3.8) is 0 Å². The van der Waals surface area contributed by atoms with Crippen LogP contribution in [-0.2, 0) is 6.42 Å². The summed E-state index contributed by atoms with van der Waals surface area (Å²) >= 11 is 0. The molecule has 0 spiro atoms. The van der Waals surface area contributed by atoms with Crippen molar-refractivity contribution in [3.8, 4) is 0 Å². The molecule has 1 fully saturated rings. The van der Waals surface area contributed by atoms with Crippen LogP contribution in [0.1, 0.15) is 30.0 Å². The Kier molecular flexibility index (Phi) is 1.99. The van der Waals surface area contributed by atoms with Gasteiger partial charge < -0.3 is 10.7 Å². The lowest BCUT2D eigenvalue weighted by atomic mass is 10.1. The zero-order valence-corrected chi connectivity index (χ0v) is 8.66. The largest absolute Gasteiger partial charge is 0.343 e. The molecule has 0 atom stereocenters. The minimum Gasteiger partial charge on any atom is -0.343 e. The third kappa shape index (κ3) is 1.43. The fourth-order valence-electron chi connectivity index (χ4n) is 2.23. The lowest BCUT2D eigenvalue weighted by Gasteiger charge is -2.00. The fourth-order valence-corrected chi connectivity index (χ4v) is 2.23. The molecular formula is C12H15N3.